The summed E-state index contributed by atoms with van der Waals surface area (Å²) in [5.74, 6) is 1.37. The van der Waals surface area contributed by atoms with E-state index >= 15 is 0 Å². The minimum Gasteiger partial charge on any atom is -0.493 e. The molecule has 23 heavy (non-hydrogen) atoms. The molecule has 0 spiro atoms. The second kappa shape index (κ2) is 7.68. The Bertz CT molecular complexity index is 695. The fraction of sp³-hybridized carbons (Fsp3) is 0.316. The van der Waals surface area contributed by atoms with Crippen molar-refractivity contribution < 1.29 is 14.3 Å². The Morgan fingerprint density at radius 1 is 0.957 bits per heavy atom. The van der Waals surface area contributed by atoms with Crippen molar-refractivity contribution in [2.24, 2.45) is 0 Å². The Morgan fingerprint density at radius 3 is 2.26 bits per heavy atom. The van der Waals surface area contributed by atoms with E-state index < -0.39 is 0 Å². The molecule has 4 heteroatoms. The quantitative estimate of drug-likeness (QED) is 0.891. The van der Waals surface area contributed by atoms with E-state index in [9.17, 15) is 4.79 Å². The van der Waals surface area contributed by atoms with Gasteiger partial charge >= 0.3 is 0 Å². The Labute approximate surface area is 137 Å². The maximum Gasteiger partial charge on any atom is 0.224 e. The Hall–Kier alpha value is -2.49. The number of nitrogens with one attached hydrogen (secondary N) is 1. The van der Waals surface area contributed by atoms with E-state index in [1.54, 1.807) is 14.2 Å². The maximum absolute atomic E-state index is 12.2. The van der Waals surface area contributed by atoms with E-state index in [0.29, 0.717) is 24.5 Å². The van der Waals surface area contributed by atoms with Gasteiger partial charge in [-0.2, -0.15) is 0 Å². The molecule has 0 bridgehead atoms. The van der Waals surface area contributed by atoms with Crippen LogP contribution in [0.3, 0.4) is 0 Å². The third-order valence-corrected chi connectivity index (χ3v) is 3.93. The first-order chi connectivity index (χ1) is 11.0. The highest BCUT2D eigenvalue weighted by atomic mass is 16.5. The molecule has 2 rings (SSSR count). The van der Waals surface area contributed by atoms with Crippen LogP contribution in [0.25, 0.3) is 0 Å². The van der Waals surface area contributed by atoms with Crippen LogP contribution < -0.4 is 14.8 Å². The van der Waals surface area contributed by atoms with Crippen molar-refractivity contribution in [1.82, 2.24) is 5.32 Å². The number of amides is 1. The van der Waals surface area contributed by atoms with Crippen molar-refractivity contribution in [2.45, 2.75) is 26.8 Å². The molecular formula is C19H23NO3. The molecule has 0 unspecified atom stereocenters. The predicted octanol–water partition coefficient (Wildman–Crippen LogP) is 3.18. The number of rotatable bonds is 6. The SMILES string of the molecule is COc1cc(C)c(CNC(=O)Cc2ccccc2C)cc1OC. The monoisotopic (exact) mass is 313 g/mol. The molecule has 0 aliphatic carbocycles. The summed E-state index contributed by atoms with van der Waals surface area (Å²) < 4.78 is 10.6. The summed E-state index contributed by atoms with van der Waals surface area (Å²) in [6.45, 7) is 4.47. The average molecular weight is 313 g/mol. The van der Waals surface area contributed by atoms with Crippen molar-refractivity contribution in [2.75, 3.05) is 14.2 Å². The molecule has 0 aliphatic rings. The number of hydrogen-bond donors (Lipinski definition) is 1. The molecule has 1 amide bonds. The highest BCUT2D eigenvalue weighted by Crippen LogP contribution is 2.30. The number of carbonyl (C=O) groups excluding carboxylic acids is 1. The molecule has 4 nitrogen and oxygen atoms in total. The smallest absolute Gasteiger partial charge is 0.224 e. The third-order valence-electron chi connectivity index (χ3n) is 3.93. The summed E-state index contributed by atoms with van der Waals surface area (Å²) in [5.41, 5.74) is 4.25. The molecule has 2 aromatic carbocycles. The lowest BCUT2D eigenvalue weighted by atomic mass is 10.0. The van der Waals surface area contributed by atoms with Gasteiger partial charge in [-0.15, -0.1) is 0 Å². The molecule has 0 atom stereocenters. The van der Waals surface area contributed by atoms with Gasteiger partial charge in [0, 0.05) is 6.54 Å². The van der Waals surface area contributed by atoms with Gasteiger partial charge < -0.3 is 14.8 Å². The van der Waals surface area contributed by atoms with Gasteiger partial charge in [-0.1, -0.05) is 24.3 Å². The largest absolute Gasteiger partial charge is 0.493 e. The molecule has 1 N–H and O–H groups in total. The van der Waals surface area contributed by atoms with Gasteiger partial charge in [0.2, 0.25) is 5.91 Å². The summed E-state index contributed by atoms with van der Waals surface area (Å²) in [6, 6.07) is 11.7. The van der Waals surface area contributed by atoms with Crippen LogP contribution in [0.15, 0.2) is 36.4 Å². The summed E-state index contributed by atoms with van der Waals surface area (Å²) in [4.78, 5) is 12.2. The van der Waals surface area contributed by atoms with Gasteiger partial charge in [-0.05, 0) is 48.2 Å². The topological polar surface area (TPSA) is 47.6 Å². The lowest BCUT2D eigenvalue weighted by molar-refractivity contribution is -0.120. The Morgan fingerprint density at radius 2 is 1.61 bits per heavy atom. The van der Waals surface area contributed by atoms with E-state index in [1.165, 1.54) is 0 Å². The first kappa shape index (κ1) is 16.9. The van der Waals surface area contributed by atoms with Gasteiger partial charge in [0.05, 0.1) is 20.6 Å². The Kier molecular flexibility index (Phi) is 5.63. The molecule has 122 valence electrons. The lowest BCUT2D eigenvalue weighted by Crippen LogP contribution is -2.25. The minimum atomic E-state index is 0.00786. The molecule has 0 heterocycles. The molecule has 0 radical (unpaired) electrons. The summed E-state index contributed by atoms with van der Waals surface area (Å²) in [7, 11) is 3.22. The van der Waals surface area contributed by atoms with Crippen LogP contribution in [0.5, 0.6) is 11.5 Å². The van der Waals surface area contributed by atoms with Gasteiger partial charge in [0.15, 0.2) is 11.5 Å². The standard InChI is InChI=1S/C19H23NO3/c1-13-7-5-6-8-15(13)11-19(21)20-12-16-10-18(23-4)17(22-3)9-14(16)2/h5-10H,11-12H2,1-4H3,(H,20,21). The van der Waals surface area contributed by atoms with Gasteiger partial charge in [0.25, 0.3) is 0 Å². The number of ether oxygens (including phenoxy) is 2. The zero-order valence-corrected chi connectivity index (χ0v) is 14.1. The van der Waals surface area contributed by atoms with Crippen LogP contribution in [0, 0.1) is 13.8 Å². The lowest BCUT2D eigenvalue weighted by Gasteiger charge is -2.13. The second-order valence-electron chi connectivity index (χ2n) is 5.51. The van der Waals surface area contributed by atoms with Crippen LogP contribution in [-0.4, -0.2) is 20.1 Å². The summed E-state index contributed by atoms with van der Waals surface area (Å²) in [6.07, 6.45) is 0.388. The first-order valence-corrected chi connectivity index (χ1v) is 7.58. The van der Waals surface area contributed by atoms with Crippen molar-refractivity contribution in [3.63, 3.8) is 0 Å². The van der Waals surface area contributed by atoms with E-state index in [4.69, 9.17) is 9.47 Å². The van der Waals surface area contributed by atoms with Crippen molar-refractivity contribution >= 4 is 5.91 Å². The van der Waals surface area contributed by atoms with Crippen LogP contribution in [0.2, 0.25) is 0 Å². The number of methoxy groups -OCH3 is 2. The maximum atomic E-state index is 12.2. The van der Waals surface area contributed by atoms with Crippen LogP contribution in [-0.2, 0) is 17.8 Å². The van der Waals surface area contributed by atoms with Crippen LogP contribution in [0.4, 0.5) is 0 Å². The minimum absolute atomic E-state index is 0.00786. The van der Waals surface area contributed by atoms with Crippen LogP contribution >= 0.6 is 0 Å². The normalized spacial score (nSPS) is 10.3. The van der Waals surface area contributed by atoms with Crippen molar-refractivity contribution in [3.05, 3.63) is 58.7 Å². The summed E-state index contributed by atoms with van der Waals surface area (Å²) >= 11 is 0. The van der Waals surface area contributed by atoms with Crippen molar-refractivity contribution in [3.8, 4) is 11.5 Å². The van der Waals surface area contributed by atoms with Gasteiger partial charge in [0.1, 0.15) is 0 Å². The van der Waals surface area contributed by atoms with Gasteiger partial charge in [-0.25, -0.2) is 0 Å². The molecule has 2 aromatic rings. The highest BCUT2D eigenvalue weighted by Gasteiger charge is 2.10. The molecule has 0 saturated carbocycles. The molecule has 0 saturated heterocycles. The average Bonchev–Trinajstić information content (AvgIpc) is 2.55. The third kappa shape index (κ3) is 4.25. The molecule has 0 aliphatic heterocycles. The number of aryl methyl sites for hydroxylation is 2. The van der Waals surface area contributed by atoms with E-state index in [2.05, 4.69) is 5.32 Å². The zero-order valence-electron chi connectivity index (χ0n) is 14.1. The highest BCUT2D eigenvalue weighted by molar-refractivity contribution is 5.79. The Balaban J connectivity index is 2.03. The predicted molar refractivity (Wildman–Crippen MR) is 91.0 cm³/mol. The number of benzene rings is 2. The number of hydrogen-bond acceptors (Lipinski definition) is 3. The fourth-order valence-corrected chi connectivity index (χ4v) is 2.45. The zero-order chi connectivity index (χ0) is 16.8. The number of carbonyl (C=O) groups is 1. The summed E-state index contributed by atoms with van der Waals surface area (Å²) in [5, 5.41) is 2.97. The van der Waals surface area contributed by atoms with Crippen molar-refractivity contribution in [1.29, 1.82) is 0 Å². The van der Waals surface area contributed by atoms with E-state index in [-0.39, 0.29) is 5.91 Å². The molecule has 0 aromatic heterocycles. The second-order valence-corrected chi connectivity index (χ2v) is 5.51. The van der Waals surface area contributed by atoms with Crippen LogP contribution in [0.1, 0.15) is 22.3 Å². The van der Waals surface area contributed by atoms with Gasteiger partial charge in [-0.3, -0.25) is 4.79 Å². The fourth-order valence-electron chi connectivity index (χ4n) is 2.45. The van der Waals surface area contributed by atoms with E-state index in [1.807, 2.05) is 50.2 Å². The molecule has 0 fully saturated rings. The molecular weight excluding hydrogens is 290 g/mol. The van der Waals surface area contributed by atoms with E-state index in [0.717, 1.165) is 22.3 Å². The first-order valence-electron chi connectivity index (χ1n) is 7.58.